The molecular formula is C8H11IN2O. The topological polar surface area (TPSA) is 59.1 Å². The standard InChI is InChI=1S/C8H11IN2O/c1-5(12)8(10)7-3-2-6(9)4-11-7/h2-5,8,12H,10H2,1H3. The Morgan fingerprint density at radius 2 is 2.25 bits per heavy atom. The zero-order valence-electron chi connectivity index (χ0n) is 6.74. The Labute approximate surface area is 85.1 Å². The highest BCUT2D eigenvalue weighted by Gasteiger charge is 2.12. The van der Waals surface area contributed by atoms with E-state index >= 15 is 0 Å². The van der Waals surface area contributed by atoms with Crippen LogP contribution in [0.1, 0.15) is 18.7 Å². The van der Waals surface area contributed by atoms with Gasteiger partial charge >= 0.3 is 0 Å². The number of hydrogen-bond donors (Lipinski definition) is 2. The van der Waals surface area contributed by atoms with Crippen LogP contribution in [0.25, 0.3) is 0 Å². The van der Waals surface area contributed by atoms with E-state index in [1.54, 1.807) is 13.1 Å². The van der Waals surface area contributed by atoms with Crippen molar-refractivity contribution in [2.45, 2.75) is 19.1 Å². The summed E-state index contributed by atoms with van der Waals surface area (Å²) in [7, 11) is 0. The smallest absolute Gasteiger partial charge is 0.0730 e. The average molecular weight is 278 g/mol. The van der Waals surface area contributed by atoms with Crippen LogP contribution in [-0.2, 0) is 0 Å². The lowest BCUT2D eigenvalue weighted by molar-refractivity contribution is 0.162. The van der Waals surface area contributed by atoms with E-state index in [4.69, 9.17) is 5.73 Å². The second kappa shape index (κ2) is 4.15. The minimum atomic E-state index is -0.558. The number of aromatic nitrogens is 1. The molecule has 1 heterocycles. The third kappa shape index (κ3) is 2.40. The molecule has 0 fully saturated rings. The first-order valence-electron chi connectivity index (χ1n) is 3.66. The summed E-state index contributed by atoms with van der Waals surface area (Å²) in [6, 6.07) is 3.37. The summed E-state index contributed by atoms with van der Waals surface area (Å²) in [4.78, 5) is 4.11. The van der Waals surface area contributed by atoms with E-state index in [0.29, 0.717) is 0 Å². The molecule has 0 aliphatic heterocycles. The Kier molecular flexibility index (Phi) is 3.42. The van der Waals surface area contributed by atoms with Gasteiger partial charge in [0.2, 0.25) is 0 Å². The van der Waals surface area contributed by atoms with Gasteiger partial charge in [-0.2, -0.15) is 0 Å². The van der Waals surface area contributed by atoms with Gasteiger partial charge in [0.05, 0.1) is 17.8 Å². The monoisotopic (exact) mass is 278 g/mol. The van der Waals surface area contributed by atoms with Crippen molar-refractivity contribution < 1.29 is 5.11 Å². The zero-order valence-corrected chi connectivity index (χ0v) is 8.89. The fraction of sp³-hybridized carbons (Fsp3) is 0.375. The number of nitrogens with zero attached hydrogens (tertiary/aromatic N) is 1. The summed E-state index contributed by atoms with van der Waals surface area (Å²) in [6.45, 7) is 1.66. The van der Waals surface area contributed by atoms with Crippen molar-refractivity contribution >= 4 is 22.6 Å². The first-order chi connectivity index (χ1) is 5.61. The minimum Gasteiger partial charge on any atom is -0.391 e. The van der Waals surface area contributed by atoms with Gasteiger partial charge in [0.15, 0.2) is 0 Å². The molecule has 2 atom stereocenters. The molecule has 12 heavy (non-hydrogen) atoms. The van der Waals surface area contributed by atoms with E-state index in [-0.39, 0.29) is 6.04 Å². The summed E-state index contributed by atoms with van der Waals surface area (Å²) in [5.41, 5.74) is 6.40. The van der Waals surface area contributed by atoms with E-state index < -0.39 is 6.10 Å². The first-order valence-corrected chi connectivity index (χ1v) is 4.74. The highest BCUT2D eigenvalue weighted by Crippen LogP contribution is 2.12. The summed E-state index contributed by atoms with van der Waals surface area (Å²) < 4.78 is 1.06. The first kappa shape index (κ1) is 9.88. The van der Waals surface area contributed by atoms with Crippen LogP contribution in [0.3, 0.4) is 0 Å². The van der Waals surface area contributed by atoms with Crippen LogP contribution in [0.5, 0.6) is 0 Å². The summed E-state index contributed by atoms with van der Waals surface area (Å²) in [6.07, 6.45) is 1.18. The van der Waals surface area contributed by atoms with Crippen molar-refractivity contribution in [2.75, 3.05) is 0 Å². The molecule has 0 radical (unpaired) electrons. The Balaban J connectivity index is 2.82. The summed E-state index contributed by atoms with van der Waals surface area (Å²) >= 11 is 2.17. The van der Waals surface area contributed by atoms with Crippen LogP contribution >= 0.6 is 22.6 Å². The molecule has 0 saturated heterocycles. The second-order valence-corrected chi connectivity index (χ2v) is 3.91. The molecule has 1 aromatic heterocycles. The number of rotatable bonds is 2. The quantitative estimate of drug-likeness (QED) is 0.795. The molecule has 0 aliphatic rings. The van der Waals surface area contributed by atoms with Gasteiger partial charge in [-0.1, -0.05) is 0 Å². The van der Waals surface area contributed by atoms with Crippen molar-refractivity contribution in [2.24, 2.45) is 5.73 Å². The fourth-order valence-electron chi connectivity index (χ4n) is 0.832. The van der Waals surface area contributed by atoms with Crippen LogP contribution in [0.2, 0.25) is 0 Å². The van der Waals surface area contributed by atoms with Gasteiger partial charge in [-0.3, -0.25) is 4.98 Å². The molecule has 1 rings (SSSR count). The van der Waals surface area contributed by atoms with E-state index in [1.165, 1.54) is 0 Å². The number of hydrogen-bond acceptors (Lipinski definition) is 3. The number of aliphatic hydroxyl groups is 1. The Hall–Kier alpha value is -0.200. The van der Waals surface area contributed by atoms with Gasteiger partial charge < -0.3 is 10.8 Å². The molecular weight excluding hydrogens is 267 g/mol. The normalized spacial score (nSPS) is 15.7. The molecule has 0 aliphatic carbocycles. The van der Waals surface area contributed by atoms with Crippen LogP contribution in [-0.4, -0.2) is 16.2 Å². The maximum absolute atomic E-state index is 9.18. The maximum atomic E-state index is 9.18. The Morgan fingerprint density at radius 1 is 1.58 bits per heavy atom. The van der Waals surface area contributed by atoms with Crippen LogP contribution in [0.15, 0.2) is 18.3 Å². The molecule has 3 nitrogen and oxygen atoms in total. The average Bonchev–Trinajstić information content (AvgIpc) is 2.04. The SMILES string of the molecule is CC(O)C(N)c1ccc(I)cn1. The molecule has 4 heteroatoms. The molecule has 0 saturated carbocycles. The number of aliphatic hydroxyl groups excluding tert-OH is 1. The third-order valence-electron chi connectivity index (χ3n) is 1.61. The van der Waals surface area contributed by atoms with Crippen molar-refractivity contribution in [1.29, 1.82) is 0 Å². The molecule has 3 N–H and O–H groups in total. The number of pyridine rings is 1. The molecule has 0 amide bonds. The largest absolute Gasteiger partial charge is 0.391 e. The van der Waals surface area contributed by atoms with Gasteiger partial charge in [-0.15, -0.1) is 0 Å². The molecule has 2 unspecified atom stereocenters. The summed E-state index contributed by atoms with van der Waals surface area (Å²) in [5, 5.41) is 9.18. The maximum Gasteiger partial charge on any atom is 0.0730 e. The Morgan fingerprint density at radius 3 is 2.67 bits per heavy atom. The summed E-state index contributed by atoms with van der Waals surface area (Å²) in [5.74, 6) is 0. The van der Waals surface area contributed by atoms with Crippen LogP contribution in [0, 0.1) is 3.57 Å². The molecule has 0 bridgehead atoms. The van der Waals surface area contributed by atoms with Gasteiger partial charge in [0, 0.05) is 9.77 Å². The lowest BCUT2D eigenvalue weighted by Crippen LogP contribution is -2.24. The van der Waals surface area contributed by atoms with E-state index in [0.717, 1.165) is 9.26 Å². The van der Waals surface area contributed by atoms with E-state index in [1.807, 2.05) is 12.1 Å². The van der Waals surface area contributed by atoms with E-state index in [2.05, 4.69) is 27.6 Å². The zero-order chi connectivity index (χ0) is 9.14. The van der Waals surface area contributed by atoms with Gasteiger partial charge in [-0.25, -0.2) is 0 Å². The fourth-order valence-corrected chi connectivity index (χ4v) is 1.15. The highest BCUT2D eigenvalue weighted by atomic mass is 127. The van der Waals surface area contributed by atoms with E-state index in [9.17, 15) is 5.11 Å². The molecule has 66 valence electrons. The molecule has 1 aromatic rings. The lowest BCUT2D eigenvalue weighted by Gasteiger charge is -2.13. The third-order valence-corrected chi connectivity index (χ3v) is 2.25. The van der Waals surface area contributed by atoms with Crippen molar-refractivity contribution in [3.05, 3.63) is 27.6 Å². The van der Waals surface area contributed by atoms with Gasteiger partial charge in [0.25, 0.3) is 0 Å². The Bertz CT molecular complexity index is 248. The number of halogens is 1. The van der Waals surface area contributed by atoms with Crippen molar-refractivity contribution in [3.8, 4) is 0 Å². The highest BCUT2D eigenvalue weighted by molar-refractivity contribution is 14.1. The molecule has 0 spiro atoms. The second-order valence-electron chi connectivity index (χ2n) is 2.67. The van der Waals surface area contributed by atoms with Crippen molar-refractivity contribution in [3.63, 3.8) is 0 Å². The van der Waals surface area contributed by atoms with Crippen LogP contribution < -0.4 is 5.73 Å². The van der Waals surface area contributed by atoms with Crippen molar-refractivity contribution in [1.82, 2.24) is 4.98 Å². The lowest BCUT2D eigenvalue weighted by atomic mass is 10.1. The van der Waals surface area contributed by atoms with Gasteiger partial charge in [0.1, 0.15) is 0 Å². The molecule has 0 aromatic carbocycles. The van der Waals surface area contributed by atoms with Crippen LogP contribution in [0.4, 0.5) is 0 Å². The predicted octanol–water partition coefficient (Wildman–Crippen LogP) is 1.07. The minimum absolute atomic E-state index is 0.387. The van der Waals surface area contributed by atoms with Gasteiger partial charge in [-0.05, 0) is 41.6 Å². The number of nitrogens with two attached hydrogens (primary N) is 1. The predicted molar refractivity (Wildman–Crippen MR) is 55.6 cm³/mol.